The molecule has 140 valence electrons. The highest BCUT2D eigenvalue weighted by molar-refractivity contribution is 5.18. The van der Waals surface area contributed by atoms with Crippen LogP contribution in [0.15, 0.2) is 0 Å². The van der Waals surface area contributed by atoms with Crippen molar-refractivity contribution in [2.75, 3.05) is 6.61 Å². The van der Waals surface area contributed by atoms with Gasteiger partial charge in [0.05, 0.1) is 24.9 Å². The predicted molar refractivity (Wildman–Crippen MR) is 80.6 cm³/mol. The first-order valence-electron chi connectivity index (χ1n) is 8.37. The molecular formula is C16H28O8. The van der Waals surface area contributed by atoms with Crippen molar-refractivity contribution in [1.82, 2.24) is 0 Å². The molecule has 1 saturated heterocycles. The Balaban J connectivity index is 1.83. The Morgan fingerprint density at radius 2 is 1.62 bits per heavy atom. The van der Waals surface area contributed by atoms with Gasteiger partial charge in [0, 0.05) is 11.3 Å². The SMILES string of the molecule is CC1(C)C2C(O)CC(C)(C2O)C1OC1OC(CO)C(O)C(O)C1O. The molecule has 3 rings (SSSR count). The summed E-state index contributed by atoms with van der Waals surface area (Å²) in [7, 11) is 0. The van der Waals surface area contributed by atoms with E-state index in [0.717, 1.165) is 0 Å². The zero-order valence-corrected chi connectivity index (χ0v) is 14.1. The molecule has 8 nitrogen and oxygen atoms in total. The summed E-state index contributed by atoms with van der Waals surface area (Å²) in [5.41, 5.74) is -1.29. The van der Waals surface area contributed by atoms with Crippen LogP contribution in [0.25, 0.3) is 0 Å². The fourth-order valence-corrected chi connectivity index (χ4v) is 5.15. The first kappa shape index (κ1) is 18.5. The fraction of sp³-hybridized carbons (Fsp3) is 1.00. The topological polar surface area (TPSA) is 140 Å². The average molecular weight is 348 g/mol. The molecule has 10 atom stereocenters. The standard InChI is InChI=1S/C16H28O8/c1-15(2)8-6(18)4-16(3,12(8)22)14(15)24-13-11(21)10(20)9(19)7(5-17)23-13/h6-14,17-22H,4-5H2,1-3H3. The monoisotopic (exact) mass is 348 g/mol. The molecule has 0 aromatic rings. The van der Waals surface area contributed by atoms with E-state index in [1.165, 1.54) is 0 Å². The molecule has 2 bridgehead atoms. The van der Waals surface area contributed by atoms with Gasteiger partial charge >= 0.3 is 0 Å². The molecule has 0 spiro atoms. The number of aliphatic hydroxyl groups is 6. The van der Waals surface area contributed by atoms with Crippen molar-refractivity contribution in [3.8, 4) is 0 Å². The molecule has 0 aromatic heterocycles. The smallest absolute Gasteiger partial charge is 0.187 e. The van der Waals surface area contributed by atoms with E-state index < -0.39 is 66.5 Å². The third kappa shape index (κ3) is 2.36. The van der Waals surface area contributed by atoms with E-state index >= 15 is 0 Å². The van der Waals surface area contributed by atoms with Gasteiger partial charge in [-0.2, -0.15) is 0 Å². The number of hydrogen-bond donors (Lipinski definition) is 6. The van der Waals surface area contributed by atoms with Gasteiger partial charge in [-0.3, -0.25) is 0 Å². The lowest BCUT2D eigenvalue weighted by Crippen LogP contribution is -2.61. The fourth-order valence-electron chi connectivity index (χ4n) is 5.15. The van der Waals surface area contributed by atoms with Crippen LogP contribution in [0.5, 0.6) is 0 Å². The Labute approximate surface area is 140 Å². The maximum Gasteiger partial charge on any atom is 0.187 e. The molecule has 3 aliphatic rings. The zero-order chi connectivity index (χ0) is 18.0. The van der Waals surface area contributed by atoms with Gasteiger partial charge in [-0.05, 0) is 11.8 Å². The minimum absolute atomic E-state index is 0.364. The van der Waals surface area contributed by atoms with Crippen molar-refractivity contribution in [3.05, 3.63) is 0 Å². The molecule has 8 heteroatoms. The third-order valence-corrected chi connectivity index (χ3v) is 6.33. The molecule has 24 heavy (non-hydrogen) atoms. The summed E-state index contributed by atoms with van der Waals surface area (Å²) < 4.78 is 11.4. The normalized spacial score (nSPS) is 56.6. The molecular weight excluding hydrogens is 320 g/mol. The molecule has 10 unspecified atom stereocenters. The second-order valence-corrected chi connectivity index (χ2v) is 8.28. The zero-order valence-electron chi connectivity index (χ0n) is 14.1. The molecule has 1 aliphatic heterocycles. The van der Waals surface area contributed by atoms with Crippen LogP contribution in [-0.2, 0) is 9.47 Å². The minimum atomic E-state index is -1.51. The van der Waals surface area contributed by atoms with Gasteiger partial charge in [0.2, 0.25) is 0 Å². The van der Waals surface area contributed by atoms with Crippen LogP contribution in [-0.4, -0.2) is 86.3 Å². The Morgan fingerprint density at radius 1 is 1.00 bits per heavy atom. The number of aliphatic hydroxyl groups excluding tert-OH is 6. The van der Waals surface area contributed by atoms with Gasteiger partial charge in [0.25, 0.3) is 0 Å². The Bertz CT molecular complexity index is 483. The van der Waals surface area contributed by atoms with Crippen LogP contribution in [0, 0.1) is 16.7 Å². The van der Waals surface area contributed by atoms with E-state index in [0.29, 0.717) is 6.42 Å². The van der Waals surface area contributed by atoms with Gasteiger partial charge < -0.3 is 40.1 Å². The van der Waals surface area contributed by atoms with Crippen LogP contribution in [0.3, 0.4) is 0 Å². The van der Waals surface area contributed by atoms with E-state index in [4.69, 9.17) is 9.47 Å². The maximum absolute atomic E-state index is 10.6. The van der Waals surface area contributed by atoms with Crippen molar-refractivity contribution in [2.45, 2.75) is 76.2 Å². The Morgan fingerprint density at radius 3 is 2.12 bits per heavy atom. The van der Waals surface area contributed by atoms with Crippen molar-refractivity contribution in [3.63, 3.8) is 0 Å². The van der Waals surface area contributed by atoms with Gasteiger partial charge in [0.15, 0.2) is 6.29 Å². The first-order chi connectivity index (χ1) is 11.1. The Hall–Kier alpha value is -0.320. The van der Waals surface area contributed by atoms with Crippen molar-refractivity contribution >= 4 is 0 Å². The summed E-state index contributed by atoms with van der Waals surface area (Å²) in [4.78, 5) is 0. The number of rotatable bonds is 3. The van der Waals surface area contributed by atoms with E-state index in [1.807, 2.05) is 20.8 Å². The molecule has 6 N–H and O–H groups in total. The van der Waals surface area contributed by atoms with E-state index in [9.17, 15) is 30.6 Å². The minimum Gasteiger partial charge on any atom is -0.394 e. The first-order valence-corrected chi connectivity index (χ1v) is 8.37. The molecule has 3 fully saturated rings. The van der Waals surface area contributed by atoms with Crippen LogP contribution in [0.1, 0.15) is 27.2 Å². The lowest BCUT2D eigenvalue weighted by molar-refractivity contribution is -0.328. The summed E-state index contributed by atoms with van der Waals surface area (Å²) in [6, 6.07) is 0. The van der Waals surface area contributed by atoms with E-state index in [1.54, 1.807) is 0 Å². The molecule has 2 saturated carbocycles. The number of fused-ring (bicyclic) bond motifs is 2. The summed E-state index contributed by atoms with van der Waals surface area (Å²) in [6.07, 6.45) is -8.27. The lowest BCUT2D eigenvalue weighted by atomic mass is 9.69. The summed E-state index contributed by atoms with van der Waals surface area (Å²) in [6.45, 7) is 5.05. The predicted octanol–water partition coefficient (Wildman–Crippen LogP) is -2.04. The summed E-state index contributed by atoms with van der Waals surface area (Å²) >= 11 is 0. The van der Waals surface area contributed by atoms with Crippen LogP contribution >= 0.6 is 0 Å². The highest BCUT2D eigenvalue weighted by Gasteiger charge is 2.70. The van der Waals surface area contributed by atoms with Gasteiger partial charge in [-0.1, -0.05) is 20.8 Å². The summed E-state index contributed by atoms with van der Waals surface area (Å²) in [5, 5.41) is 60.0. The highest BCUT2D eigenvalue weighted by atomic mass is 16.7. The second kappa shape index (κ2) is 5.85. The van der Waals surface area contributed by atoms with Crippen LogP contribution in [0.2, 0.25) is 0 Å². The van der Waals surface area contributed by atoms with Gasteiger partial charge in [0.1, 0.15) is 24.4 Å². The molecule has 0 radical (unpaired) electrons. The number of hydrogen-bond acceptors (Lipinski definition) is 8. The van der Waals surface area contributed by atoms with E-state index in [2.05, 4.69) is 0 Å². The van der Waals surface area contributed by atoms with Crippen molar-refractivity contribution in [1.29, 1.82) is 0 Å². The Kier molecular flexibility index (Phi) is 4.50. The van der Waals surface area contributed by atoms with Crippen molar-refractivity contribution in [2.24, 2.45) is 16.7 Å². The third-order valence-electron chi connectivity index (χ3n) is 6.33. The van der Waals surface area contributed by atoms with Gasteiger partial charge in [-0.25, -0.2) is 0 Å². The second-order valence-electron chi connectivity index (χ2n) is 8.28. The van der Waals surface area contributed by atoms with Crippen LogP contribution < -0.4 is 0 Å². The molecule has 1 heterocycles. The maximum atomic E-state index is 10.6. The summed E-state index contributed by atoms with van der Waals surface area (Å²) in [5.74, 6) is -0.364. The quantitative estimate of drug-likeness (QED) is 0.343. The molecule has 0 aromatic carbocycles. The van der Waals surface area contributed by atoms with Crippen molar-refractivity contribution < 1.29 is 40.1 Å². The average Bonchev–Trinajstić information content (AvgIpc) is 2.81. The van der Waals surface area contributed by atoms with Gasteiger partial charge in [-0.15, -0.1) is 0 Å². The largest absolute Gasteiger partial charge is 0.394 e. The number of ether oxygens (including phenoxy) is 2. The molecule has 2 aliphatic carbocycles. The van der Waals surface area contributed by atoms with E-state index in [-0.39, 0.29) is 5.92 Å². The van der Waals surface area contributed by atoms with Crippen LogP contribution in [0.4, 0.5) is 0 Å². The molecule has 0 amide bonds. The lowest BCUT2D eigenvalue weighted by Gasteiger charge is -2.47. The highest BCUT2D eigenvalue weighted by Crippen LogP contribution is 2.63.